The van der Waals surface area contributed by atoms with Crippen LogP contribution in [0.15, 0.2) is 24.3 Å². The monoisotopic (exact) mass is 277 g/mol. The number of rotatable bonds is 7. The smallest absolute Gasteiger partial charge is 0.220 e. The van der Waals surface area contributed by atoms with Crippen LogP contribution in [0.2, 0.25) is 0 Å². The van der Waals surface area contributed by atoms with E-state index in [2.05, 4.69) is 5.32 Å². The summed E-state index contributed by atoms with van der Waals surface area (Å²) in [6.07, 6.45) is 3.35. The minimum atomic E-state index is -0.703. The Labute approximate surface area is 120 Å². The molecule has 2 rings (SSSR count). The highest BCUT2D eigenvalue weighted by Crippen LogP contribution is 2.33. The van der Waals surface area contributed by atoms with Gasteiger partial charge in [0.2, 0.25) is 5.91 Å². The first-order chi connectivity index (χ1) is 9.60. The number of carbonyl (C=O) groups is 1. The van der Waals surface area contributed by atoms with Gasteiger partial charge in [-0.2, -0.15) is 0 Å². The second-order valence-corrected chi connectivity index (χ2v) is 5.56. The molecule has 0 aromatic heterocycles. The number of amides is 1. The molecular weight excluding hydrogens is 254 g/mol. The predicted octanol–water partition coefficient (Wildman–Crippen LogP) is 2.42. The van der Waals surface area contributed by atoms with E-state index in [-0.39, 0.29) is 11.9 Å². The van der Waals surface area contributed by atoms with Crippen molar-refractivity contribution in [2.75, 3.05) is 7.11 Å². The largest absolute Gasteiger partial charge is 0.497 e. The highest BCUT2D eigenvalue weighted by Gasteiger charge is 2.23. The number of nitrogens with one attached hydrogen (secondary N) is 1. The van der Waals surface area contributed by atoms with Gasteiger partial charge in [0.1, 0.15) is 5.75 Å². The van der Waals surface area contributed by atoms with E-state index in [9.17, 15) is 9.90 Å². The summed E-state index contributed by atoms with van der Waals surface area (Å²) in [6, 6.07) is 6.95. The summed E-state index contributed by atoms with van der Waals surface area (Å²) in [4.78, 5) is 11.8. The van der Waals surface area contributed by atoms with Crippen LogP contribution in [0.4, 0.5) is 0 Å². The Bertz CT molecular complexity index is 440. The zero-order valence-electron chi connectivity index (χ0n) is 12.1. The minimum absolute atomic E-state index is 0.0250. The van der Waals surface area contributed by atoms with Crippen LogP contribution in [0.5, 0.6) is 5.75 Å². The first kappa shape index (κ1) is 14.9. The molecule has 0 heterocycles. The van der Waals surface area contributed by atoms with E-state index in [1.807, 2.05) is 19.1 Å². The van der Waals surface area contributed by atoms with Crippen molar-refractivity contribution in [3.8, 4) is 5.75 Å². The van der Waals surface area contributed by atoms with Crippen LogP contribution >= 0.6 is 0 Å². The second-order valence-electron chi connectivity index (χ2n) is 5.56. The van der Waals surface area contributed by atoms with Gasteiger partial charge in [0, 0.05) is 6.42 Å². The molecule has 1 amide bonds. The van der Waals surface area contributed by atoms with Crippen LogP contribution < -0.4 is 10.1 Å². The summed E-state index contributed by atoms with van der Waals surface area (Å²) in [6.45, 7) is 1.82. The lowest BCUT2D eigenvalue weighted by atomic mass is 10.0. The number of aliphatic hydroxyl groups is 1. The molecular formula is C16H23NO3. The fourth-order valence-corrected chi connectivity index (χ4v) is 2.24. The quantitative estimate of drug-likeness (QED) is 0.804. The maximum atomic E-state index is 11.8. The Kier molecular flexibility index (Phi) is 5.01. The van der Waals surface area contributed by atoms with Crippen molar-refractivity contribution in [3.05, 3.63) is 29.8 Å². The Morgan fingerprint density at radius 1 is 1.40 bits per heavy atom. The highest BCUT2D eigenvalue weighted by atomic mass is 16.5. The number of aliphatic hydroxyl groups excluding tert-OH is 1. The second kappa shape index (κ2) is 6.75. The summed E-state index contributed by atoms with van der Waals surface area (Å²) in [5.74, 6) is 1.53. The van der Waals surface area contributed by atoms with Gasteiger partial charge in [0.25, 0.3) is 0 Å². The van der Waals surface area contributed by atoms with E-state index < -0.39 is 6.10 Å². The van der Waals surface area contributed by atoms with E-state index in [1.54, 1.807) is 19.2 Å². The van der Waals surface area contributed by atoms with Gasteiger partial charge in [0.15, 0.2) is 0 Å². The molecule has 0 saturated heterocycles. The fraction of sp³-hybridized carbons (Fsp3) is 0.562. The van der Waals surface area contributed by atoms with Gasteiger partial charge >= 0.3 is 0 Å². The number of benzene rings is 1. The van der Waals surface area contributed by atoms with Crippen LogP contribution in [0, 0.1) is 5.92 Å². The maximum Gasteiger partial charge on any atom is 0.220 e. The molecule has 0 spiro atoms. The molecule has 1 saturated carbocycles. The fourth-order valence-electron chi connectivity index (χ4n) is 2.24. The highest BCUT2D eigenvalue weighted by molar-refractivity contribution is 5.76. The number of carbonyl (C=O) groups excluding carboxylic acids is 1. The normalized spacial score (nSPS) is 17.4. The first-order valence-electron chi connectivity index (χ1n) is 7.21. The van der Waals surface area contributed by atoms with Gasteiger partial charge in [-0.15, -0.1) is 0 Å². The van der Waals surface area contributed by atoms with Crippen molar-refractivity contribution in [1.29, 1.82) is 0 Å². The van der Waals surface area contributed by atoms with Gasteiger partial charge < -0.3 is 15.2 Å². The van der Waals surface area contributed by atoms with Crippen molar-refractivity contribution in [2.45, 2.75) is 44.8 Å². The number of ether oxygens (including phenoxy) is 1. The zero-order valence-corrected chi connectivity index (χ0v) is 12.1. The molecule has 0 aliphatic heterocycles. The Balaban J connectivity index is 1.82. The zero-order chi connectivity index (χ0) is 14.5. The molecule has 1 aliphatic carbocycles. The minimum Gasteiger partial charge on any atom is -0.497 e. The van der Waals surface area contributed by atoms with Crippen molar-refractivity contribution in [1.82, 2.24) is 5.32 Å². The van der Waals surface area contributed by atoms with Crippen molar-refractivity contribution in [3.63, 3.8) is 0 Å². The molecule has 4 heteroatoms. The molecule has 0 radical (unpaired) electrons. The molecule has 1 aromatic rings. The van der Waals surface area contributed by atoms with Crippen molar-refractivity contribution >= 4 is 5.91 Å². The van der Waals surface area contributed by atoms with Gasteiger partial charge in [-0.3, -0.25) is 4.79 Å². The maximum absolute atomic E-state index is 11.8. The summed E-state index contributed by atoms with van der Waals surface area (Å²) in [5.41, 5.74) is 0.779. The van der Waals surface area contributed by atoms with Gasteiger partial charge in [-0.05, 0) is 37.0 Å². The van der Waals surface area contributed by atoms with Crippen LogP contribution in [-0.2, 0) is 4.79 Å². The van der Waals surface area contributed by atoms with E-state index in [1.165, 1.54) is 12.8 Å². The van der Waals surface area contributed by atoms with E-state index in [0.717, 1.165) is 23.7 Å². The SMILES string of the molecule is COc1ccc(C(O)C(C)NC(=O)CCC2CC2)cc1. The predicted molar refractivity (Wildman–Crippen MR) is 77.5 cm³/mol. The summed E-state index contributed by atoms with van der Waals surface area (Å²) >= 11 is 0. The van der Waals surface area contributed by atoms with Gasteiger partial charge in [-0.25, -0.2) is 0 Å². The van der Waals surface area contributed by atoms with Crippen molar-refractivity contribution in [2.24, 2.45) is 5.92 Å². The third kappa shape index (κ3) is 4.23. The molecule has 1 fully saturated rings. The van der Waals surface area contributed by atoms with E-state index in [0.29, 0.717) is 6.42 Å². The molecule has 2 unspecified atom stereocenters. The Morgan fingerprint density at radius 3 is 2.60 bits per heavy atom. The van der Waals surface area contributed by atoms with Crippen LogP contribution in [0.1, 0.15) is 44.3 Å². The van der Waals surface area contributed by atoms with E-state index >= 15 is 0 Å². The Hall–Kier alpha value is -1.55. The van der Waals surface area contributed by atoms with Crippen LogP contribution in [0.3, 0.4) is 0 Å². The van der Waals surface area contributed by atoms with Crippen LogP contribution in [0.25, 0.3) is 0 Å². The van der Waals surface area contributed by atoms with E-state index in [4.69, 9.17) is 4.74 Å². The molecule has 20 heavy (non-hydrogen) atoms. The molecule has 2 atom stereocenters. The summed E-state index contributed by atoms with van der Waals surface area (Å²) in [7, 11) is 1.61. The topological polar surface area (TPSA) is 58.6 Å². The lowest BCUT2D eigenvalue weighted by Crippen LogP contribution is -2.36. The molecule has 4 nitrogen and oxygen atoms in total. The molecule has 2 N–H and O–H groups in total. The third-order valence-electron chi connectivity index (χ3n) is 3.80. The average molecular weight is 277 g/mol. The lowest BCUT2D eigenvalue weighted by Gasteiger charge is -2.21. The molecule has 1 aromatic carbocycles. The summed E-state index contributed by atoms with van der Waals surface area (Å²) < 4.78 is 5.08. The number of hydrogen-bond donors (Lipinski definition) is 2. The lowest BCUT2D eigenvalue weighted by molar-refractivity contribution is -0.122. The third-order valence-corrected chi connectivity index (χ3v) is 3.80. The first-order valence-corrected chi connectivity index (χ1v) is 7.21. The molecule has 110 valence electrons. The van der Waals surface area contributed by atoms with Gasteiger partial charge in [0.05, 0.1) is 19.3 Å². The standard InChI is InChI=1S/C16H23NO3/c1-11(17-15(18)10-5-12-3-4-12)16(19)13-6-8-14(20-2)9-7-13/h6-9,11-12,16,19H,3-5,10H2,1-2H3,(H,17,18). The summed E-state index contributed by atoms with van der Waals surface area (Å²) in [5, 5.41) is 13.1. The number of methoxy groups -OCH3 is 1. The molecule has 0 bridgehead atoms. The Morgan fingerprint density at radius 2 is 2.05 bits per heavy atom. The van der Waals surface area contributed by atoms with Crippen LogP contribution in [-0.4, -0.2) is 24.2 Å². The average Bonchev–Trinajstić information content (AvgIpc) is 3.28. The molecule has 1 aliphatic rings. The number of hydrogen-bond acceptors (Lipinski definition) is 3. The van der Waals surface area contributed by atoms with Gasteiger partial charge in [-0.1, -0.05) is 25.0 Å². The van der Waals surface area contributed by atoms with Crippen molar-refractivity contribution < 1.29 is 14.6 Å².